The van der Waals surface area contributed by atoms with Crippen LogP contribution in [0.5, 0.6) is 0 Å². The number of rotatable bonds is 0. The van der Waals surface area contributed by atoms with Crippen LogP contribution in [0.1, 0.15) is 64.5 Å². The number of benzene rings is 4. The van der Waals surface area contributed by atoms with Crippen molar-refractivity contribution in [2.24, 2.45) is 0 Å². The standard InChI is InChI=1S/2C9H8NO.C8H6ClN2.C7H9N2.CH3I.4CH4.Cl3OP.4Y/c2*1-6-2-3-8-7(4-6)5-9(11)10-8;1-5-2-3-6-7(4-5)11-8(9)10-6;1-5-2-3-6(8)7(9)4-5;1-2;;;;;1-5(2,3)4;;;;/h2*3-4H,5H2,1H3,(H,10,11);3-4H,1H3,(H,10,11);3-4H,8-9H2,1H3;1H3;4*1H4;;;;;/q4*-1;;;;;;;;;;/i;;;;1D;;;;;;;;;. The molecule has 19 heteroatoms. The van der Waals surface area contributed by atoms with Crippen LogP contribution >= 0.6 is 73.1 Å². The molecule has 7 rings (SSSR count). The Labute approximate surface area is 476 Å². The van der Waals surface area contributed by atoms with Crippen molar-refractivity contribution in [1.29, 1.82) is 0 Å². The first-order chi connectivity index (χ1) is 23.4. The minimum atomic E-state index is -3.22. The van der Waals surface area contributed by atoms with E-state index in [4.69, 9.17) is 24.4 Å². The van der Waals surface area contributed by atoms with Gasteiger partial charge in [0.2, 0.25) is 11.8 Å². The first kappa shape index (κ1) is 70.1. The van der Waals surface area contributed by atoms with Gasteiger partial charge in [-0.1, -0.05) is 103 Å². The number of hydrogen-bond acceptors (Lipinski definition) is 6. The fourth-order valence-electron chi connectivity index (χ4n) is 4.24. The summed E-state index contributed by atoms with van der Waals surface area (Å²) in [5.74, 6) is 0.165. The number of nitrogens with two attached hydrogens (primary N) is 2. The number of nitrogens with zero attached hydrogens (tertiary/aromatic N) is 1. The molecule has 0 unspecified atom stereocenters. The van der Waals surface area contributed by atoms with Gasteiger partial charge < -0.3 is 27.1 Å². The Morgan fingerprint density at radius 1 is 0.702 bits per heavy atom. The summed E-state index contributed by atoms with van der Waals surface area (Å²) in [5.41, 5.74) is 22.2. The molecular weight excluding hydrogens is 1240 g/mol. The van der Waals surface area contributed by atoms with Crippen LogP contribution in [0.3, 0.4) is 0 Å². The number of aryl methyl sites for hydroxylation is 4. The Hall–Kier alpha value is 1.43. The average molecular weight is 1300 g/mol. The second-order valence-electron chi connectivity index (χ2n) is 10.4. The number of nitrogens with one attached hydrogen (secondary N) is 3. The summed E-state index contributed by atoms with van der Waals surface area (Å²) < 4.78 is 15.7. The molecule has 0 saturated heterocycles. The average Bonchev–Trinajstić information content (AvgIpc) is 3.68. The van der Waals surface area contributed by atoms with E-state index in [0.717, 1.165) is 55.8 Å². The van der Waals surface area contributed by atoms with E-state index in [9.17, 15) is 14.2 Å². The normalized spacial score (nSPS) is 10.5. The molecule has 9 nitrogen and oxygen atoms in total. The van der Waals surface area contributed by atoms with Crippen molar-refractivity contribution in [2.75, 3.05) is 27.0 Å². The fourth-order valence-corrected chi connectivity index (χ4v) is 4.43. The molecule has 2 aliphatic rings. The van der Waals surface area contributed by atoms with Crippen molar-refractivity contribution in [1.82, 2.24) is 9.97 Å². The first-order valence-electron chi connectivity index (χ1n) is 14.8. The number of H-pyrrole nitrogens is 1. The third kappa shape index (κ3) is 29.4. The number of hydrogen-bond donors (Lipinski definition) is 5. The Morgan fingerprint density at radius 3 is 1.44 bits per heavy atom. The van der Waals surface area contributed by atoms with E-state index in [0.29, 0.717) is 34.4 Å². The molecule has 1 aromatic heterocycles. The molecule has 2 aliphatic heterocycles. The monoisotopic (exact) mass is 1290 g/mol. The zero-order valence-electron chi connectivity index (χ0n) is 30.2. The summed E-state index contributed by atoms with van der Waals surface area (Å²) in [5, 5.41) is 2.72. The number of carbonyl (C=O) groups is 2. The van der Waals surface area contributed by atoms with E-state index >= 15 is 0 Å². The zero-order chi connectivity index (χ0) is 37.6. The van der Waals surface area contributed by atoms with Crippen molar-refractivity contribution in [3.8, 4) is 0 Å². The molecule has 57 heavy (non-hydrogen) atoms. The molecule has 5 aromatic rings. The van der Waals surface area contributed by atoms with Gasteiger partial charge >= 0.3 is 5.20 Å². The van der Waals surface area contributed by atoms with Crippen molar-refractivity contribution in [2.45, 2.75) is 70.2 Å². The van der Waals surface area contributed by atoms with E-state index < -0.39 is 5.20 Å². The fraction of sp³-hybridized carbons (Fsp3) is 0.289. The van der Waals surface area contributed by atoms with Gasteiger partial charge in [-0.25, -0.2) is 0 Å². The Balaban J connectivity index is -0.000000108. The largest absolute Gasteiger partial charge is 0.448 e. The van der Waals surface area contributed by atoms with E-state index in [1.54, 1.807) is 12.1 Å². The van der Waals surface area contributed by atoms with Crippen LogP contribution in [0.15, 0.2) is 48.5 Å². The number of alkyl halides is 1. The third-order valence-corrected chi connectivity index (χ3v) is 6.48. The summed E-state index contributed by atoms with van der Waals surface area (Å²) in [4.78, 5) is 29.2. The van der Waals surface area contributed by atoms with Crippen molar-refractivity contribution in [3.63, 3.8) is 0 Å². The molecule has 3 heterocycles. The Kier molecular flexibility index (Phi) is 45.3. The van der Waals surface area contributed by atoms with E-state index in [1.807, 2.05) is 86.7 Å². The number of amides is 2. The second-order valence-corrected chi connectivity index (χ2v) is 17.4. The maximum absolute atomic E-state index is 10.9. The number of halogens is 5. The summed E-state index contributed by atoms with van der Waals surface area (Å²) >= 11 is 21.5. The van der Waals surface area contributed by atoms with Crippen LogP contribution in [0.4, 0.5) is 22.7 Å². The van der Waals surface area contributed by atoms with Gasteiger partial charge in [-0.15, -0.1) is 29.3 Å². The van der Waals surface area contributed by atoms with Gasteiger partial charge in [-0.3, -0.25) is 19.1 Å². The van der Waals surface area contributed by atoms with Crippen LogP contribution in [0.25, 0.3) is 11.0 Å². The molecule has 0 fully saturated rings. The predicted octanol–water partition coefficient (Wildman–Crippen LogP) is 12.3. The topological polar surface area (TPSA) is 156 Å². The van der Waals surface area contributed by atoms with Crippen molar-refractivity contribution in [3.05, 3.63) is 111 Å². The van der Waals surface area contributed by atoms with Gasteiger partial charge in [0.25, 0.3) is 0 Å². The number of fused-ring (bicyclic) bond motifs is 3. The van der Waals surface area contributed by atoms with E-state index in [2.05, 4.69) is 78.6 Å². The molecule has 0 bridgehead atoms. The predicted molar refractivity (Wildman–Crippen MR) is 240 cm³/mol. The summed E-state index contributed by atoms with van der Waals surface area (Å²) in [6.07, 6.45) is 1.04. The molecule has 306 valence electrons. The smallest absolute Gasteiger partial charge is 0.339 e. The van der Waals surface area contributed by atoms with Crippen LogP contribution in [0.2, 0.25) is 5.28 Å². The summed E-state index contributed by atoms with van der Waals surface area (Å²) in [6, 6.07) is 27.0. The SMILES string of the molecule is C.C.C.C.Cc1[c-]cc(N)c(N)c1.Cc1[c-]cc2c(c1)CC(=O)N2.Cc1[c-]cc2c(c1)CC(=O)N2.Cc1[c-]cc2nc(Cl)[nH]c2c1.O=P(Cl)(Cl)Cl.[2H]CI.[Y].[Y].[Y].[Y]. The molecule has 0 atom stereocenters. The van der Waals surface area contributed by atoms with Crippen LogP contribution < -0.4 is 22.1 Å². The number of carbonyl (C=O) groups excluding carboxylic acids is 2. The van der Waals surface area contributed by atoms with Gasteiger partial charge in [-0.05, 0) is 61.3 Å². The molecular formula is C38H50Cl4IN6O3PY4-4. The van der Waals surface area contributed by atoms with Gasteiger partial charge in [0.15, 0.2) is 5.28 Å². The molecule has 4 aromatic carbocycles. The number of aromatic amines is 1. The number of nitrogen functional groups attached to an aromatic ring is 2. The summed E-state index contributed by atoms with van der Waals surface area (Å²) in [7, 11) is 0. The minimum Gasteiger partial charge on any atom is -0.448 e. The van der Waals surface area contributed by atoms with Crippen LogP contribution in [-0.2, 0) is 158 Å². The van der Waals surface area contributed by atoms with Crippen molar-refractivity contribution >= 4 is 119 Å². The molecule has 0 aliphatic carbocycles. The zero-order valence-corrected chi connectivity index (χ0v) is 46.6. The number of aromatic nitrogens is 2. The number of imidazole rings is 1. The maximum atomic E-state index is 10.9. The first-order valence-corrected chi connectivity index (χ1v) is 20.4. The van der Waals surface area contributed by atoms with Gasteiger partial charge in [-0.2, -0.15) is 76.9 Å². The molecule has 0 spiro atoms. The maximum Gasteiger partial charge on any atom is 0.339 e. The molecule has 7 N–H and O–H groups in total. The van der Waals surface area contributed by atoms with Gasteiger partial charge in [0.1, 0.15) is 0 Å². The van der Waals surface area contributed by atoms with E-state index in [-0.39, 0.29) is 172 Å². The molecule has 0 saturated carbocycles. The molecule has 4 radical (unpaired) electrons. The van der Waals surface area contributed by atoms with Crippen LogP contribution in [0, 0.1) is 52.0 Å². The summed E-state index contributed by atoms with van der Waals surface area (Å²) in [6.45, 7) is 7.86. The van der Waals surface area contributed by atoms with Crippen molar-refractivity contribution < 1.29 is 146 Å². The Morgan fingerprint density at radius 2 is 1.05 bits per heavy atom. The minimum absolute atomic E-state index is 0. The number of anilines is 4. The van der Waals surface area contributed by atoms with E-state index in [1.165, 1.54) is 0 Å². The quantitative estimate of drug-likeness (QED) is 0.0342. The Bertz CT molecular complexity index is 1920. The van der Waals surface area contributed by atoms with Crippen LogP contribution in [-0.4, -0.2) is 26.7 Å². The van der Waals surface area contributed by atoms with Gasteiger partial charge in [0, 0.05) is 145 Å². The molecule has 2 amide bonds. The second kappa shape index (κ2) is 36.9. The van der Waals surface area contributed by atoms with Gasteiger partial charge in [0.05, 0.1) is 0 Å². The third-order valence-electron chi connectivity index (χ3n) is 6.30.